The number of amides is 1. The van der Waals surface area contributed by atoms with Crippen LogP contribution in [0.5, 0.6) is 0 Å². The third kappa shape index (κ3) is 3.06. The first-order valence-electron chi connectivity index (χ1n) is 7.76. The first-order chi connectivity index (χ1) is 10.6. The summed E-state index contributed by atoms with van der Waals surface area (Å²) in [6.45, 7) is 0.607. The largest absolute Gasteiger partial charge is 0.393 e. The van der Waals surface area contributed by atoms with E-state index in [1.165, 1.54) is 0 Å². The molecule has 118 valence electrons. The van der Waals surface area contributed by atoms with Gasteiger partial charge in [0.25, 0.3) is 5.91 Å². The van der Waals surface area contributed by atoms with Crippen molar-refractivity contribution >= 4 is 5.91 Å². The smallest absolute Gasteiger partial charge is 0.256 e. The molecule has 1 fully saturated rings. The number of hydrogen-bond acceptors (Lipinski definition) is 3. The van der Waals surface area contributed by atoms with Gasteiger partial charge in [0.15, 0.2) is 0 Å². The van der Waals surface area contributed by atoms with Crippen LogP contribution in [0.1, 0.15) is 36.0 Å². The molecule has 2 aromatic heterocycles. The van der Waals surface area contributed by atoms with Crippen LogP contribution in [0.15, 0.2) is 30.7 Å². The van der Waals surface area contributed by atoms with Crippen molar-refractivity contribution in [1.82, 2.24) is 19.7 Å². The van der Waals surface area contributed by atoms with Gasteiger partial charge in [0.1, 0.15) is 11.4 Å². The van der Waals surface area contributed by atoms with Gasteiger partial charge in [0.2, 0.25) is 0 Å². The molecule has 2 unspecified atom stereocenters. The number of carbonyl (C=O) groups is 1. The van der Waals surface area contributed by atoms with Gasteiger partial charge in [-0.2, -0.15) is 5.10 Å². The predicted octanol–water partition coefficient (Wildman–Crippen LogP) is 1.49. The molecule has 22 heavy (non-hydrogen) atoms. The Morgan fingerprint density at radius 3 is 2.91 bits per heavy atom. The maximum Gasteiger partial charge on any atom is 0.256 e. The number of carbonyl (C=O) groups excluding carboxylic acids is 1. The molecule has 0 aromatic carbocycles. The van der Waals surface area contributed by atoms with Gasteiger partial charge < -0.3 is 15.0 Å². The van der Waals surface area contributed by atoms with Crippen molar-refractivity contribution in [2.24, 2.45) is 13.0 Å². The number of nitrogens with zero attached hydrogens (tertiary/aromatic N) is 3. The molecule has 0 spiro atoms. The van der Waals surface area contributed by atoms with Crippen LogP contribution in [0.4, 0.5) is 0 Å². The molecule has 1 saturated carbocycles. The summed E-state index contributed by atoms with van der Waals surface area (Å²) in [6.07, 6.45) is 8.92. The fraction of sp³-hybridized carbons (Fsp3) is 0.500. The van der Waals surface area contributed by atoms with E-state index in [9.17, 15) is 9.90 Å². The molecule has 2 aromatic rings. The van der Waals surface area contributed by atoms with E-state index in [0.29, 0.717) is 18.0 Å². The topological polar surface area (TPSA) is 72.1 Å². The van der Waals surface area contributed by atoms with Crippen LogP contribution >= 0.6 is 0 Å². The molecular formula is C16H22N4O2. The van der Waals surface area contributed by atoms with Gasteiger partial charge >= 0.3 is 0 Å². The number of hydrogen-bond donors (Lipinski definition) is 2. The standard InChI is InChI=1S/C16H22N4O2/c1-19-16(20-7-2-3-8-20)14(11-18-19)15(22)17-10-12-5-4-6-13(21)9-12/h2-3,7-8,11-13,21H,4-6,9-10H2,1H3,(H,17,22). The average Bonchev–Trinajstić information content (AvgIpc) is 3.14. The summed E-state index contributed by atoms with van der Waals surface area (Å²) in [5.74, 6) is 1.00. The van der Waals surface area contributed by atoms with Crippen molar-refractivity contribution in [3.63, 3.8) is 0 Å². The molecule has 0 radical (unpaired) electrons. The highest BCUT2D eigenvalue weighted by Gasteiger charge is 2.22. The van der Waals surface area contributed by atoms with Crippen LogP contribution in [0.3, 0.4) is 0 Å². The number of aliphatic hydroxyl groups excluding tert-OH is 1. The summed E-state index contributed by atoms with van der Waals surface area (Å²) in [4.78, 5) is 12.5. The number of aliphatic hydroxyl groups is 1. The van der Waals surface area contributed by atoms with E-state index in [-0.39, 0.29) is 12.0 Å². The zero-order chi connectivity index (χ0) is 15.5. The lowest BCUT2D eigenvalue weighted by Crippen LogP contribution is -2.33. The first kappa shape index (κ1) is 14.8. The highest BCUT2D eigenvalue weighted by molar-refractivity contribution is 5.97. The molecule has 2 heterocycles. The Labute approximate surface area is 129 Å². The van der Waals surface area contributed by atoms with Crippen LogP contribution < -0.4 is 5.32 Å². The SMILES string of the molecule is Cn1ncc(C(=O)NCC2CCCC(O)C2)c1-n1cccc1. The predicted molar refractivity (Wildman–Crippen MR) is 82.8 cm³/mol. The third-order valence-electron chi connectivity index (χ3n) is 4.31. The van der Waals surface area contributed by atoms with Gasteiger partial charge in [0, 0.05) is 26.0 Å². The minimum Gasteiger partial charge on any atom is -0.393 e. The van der Waals surface area contributed by atoms with Gasteiger partial charge in [-0.05, 0) is 37.3 Å². The highest BCUT2D eigenvalue weighted by Crippen LogP contribution is 2.23. The molecule has 2 atom stereocenters. The Bertz CT molecular complexity index is 633. The summed E-state index contributed by atoms with van der Waals surface area (Å²) >= 11 is 0. The minimum absolute atomic E-state index is 0.114. The van der Waals surface area contributed by atoms with Gasteiger partial charge in [0.05, 0.1) is 12.3 Å². The normalized spacial score (nSPS) is 21.7. The lowest BCUT2D eigenvalue weighted by Gasteiger charge is -2.25. The summed E-state index contributed by atoms with van der Waals surface area (Å²) in [6, 6.07) is 3.83. The Morgan fingerprint density at radius 2 is 2.18 bits per heavy atom. The van der Waals surface area contributed by atoms with Crippen LogP contribution in [-0.4, -0.2) is 38.0 Å². The van der Waals surface area contributed by atoms with Crippen molar-refractivity contribution < 1.29 is 9.90 Å². The monoisotopic (exact) mass is 302 g/mol. The third-order valence-corrected chi connectivity index (χ3v) is 4.31. The number of aromatic nitrogens is 3. The summed E-state index contributed by atoms with van der Waals surface area (Å²) in [5, 5.41) is 16.9. The molecule has 6 nitrogen and oxygen atoms in total. The van der Waals surface area contributed by atoms with Gasteiger partial charge in [-0.15, -0.1) is 0 Å². The quantitative estimate of drug-likeness (QED) is 0.899. The van der Waals surface area contributed by atoms with E-state index >= 15 is 0 Å². The lowest BCUT2D eigenvalue weighted by molar-refractivity contribution is 0.0873. The summed E-state index contributed by atoms with van der Waals surface area (Å²) in [7, 11) is 1.82. The molecule has 1 amide bonds. The van der Waals surface area contributed by atoms with Crippen LogP contribution in [-0.2, 0) is 7.05 Å². The van der Waals surface area contributed by atoms with E-state index in [1.54, 1.807) is 10.9 Å². The maximum absolute atomic E-state index is 12.5. The van der Waals surface area contributed by atoms with Gasteiger partial charge in [-0.3, -0.25) is 9.48 Å². The Morgan fingerprint density at radius 1 is 1.41 bits per heavy atom. The van der Waals surface area contributed by atoms with Crippen LogP contribution in [0, 0.1) is 5.92 Å². The van der Waals surface area contributed by atoms with Gasteiger partial charge in [-0.1, -0.05) is 6.42 Å². The molecule has 2 N–H and O–H groups in total. The second kappa shape index (κ2) is 6.36. The molecule has 0 aliphatic heterocycles. The van der Waals surface area contributed by atoms with Crippen LogP contribution in [0.2, 0.25) is 0 Å². The van der Waals surface area contributed by atoms with Crippen molar-refractivity contribution in [2.75, 3.05) is 6.54 Å². The fourth-order valence-electron chi connectivity index (χ4n) is 3.15. The fourth-order valence-corrected chi connectivity index (χ4v) is 3.15. The van der Waals surface area contributed by atoms with E-state index < -0.39 is 0 Å². The van der Waals surface area contributed by atoms with Crippen molar-refractivity contribution in [2.45, 2.75) is 31.8 Å². The Balaban J connectivity index is 1.68. The molecular weight excluding hydrogens is 280 g/mol. The number of rotatable bonds is 4. The second-order valence-electron chi connectivity index (χ2n) is 5.99. The Hall–Kier alpha value is -2.08. The first-order valence-corrected chi connectivity index (χ1v) is 7.76. The van der Waals surface area contributed by atoms with E-state index in [4.69, 9.17) is 0 Å². The van der Waals surface area contributed by atoms with E-state index in [2.05, 4.69) is 10.4 Å². The average molecular weight is 302 g/mol. The second-order valence-corrected chi connectivity index (χ2v) is 5.99. The zero-order valence-electron chi connectivity index (χ0n) is 12.8. The van der Waals surface area contributed by atoms with Gasteiger partial charge in [-0.25, -0.2) is 0 Å². The summed E-state index contributed by atoms with van der Waals surface area (Å²) in [5.41, 5.74) is 0.565. The van der Waals surface area contributed by atoms with E-state index in [1.807, 2.05) is 36.1 Å². The summed E-state index contributed by atoms with van der Waals surface area (Å²) < 4.78 is 3.57. The molecule has 0 bridgehead atoms. The molecule has 6 heteroatoms. The highest BCUT2D eigenvalue weighted by atomic mass is 16.3. The molecule has 0 saturated heterocycles. The molecule has 1 aliphatic rings. The minimum atomic E-state index is -0.218. The van der Waals surface area contributed by atoms with Crippen molar-refractivity contribution in [3.8, 4) is 5.82 Å². The van der Waals surface area contributed by atoms with E-state index in [0.717, 1.165) is 31.5 Å². The number of aryl methyl sites for hydroxylation is 1. The molecule has 3 rings (SSSR count). The Kier molecular flexibility index (Phi) is 4.29. The van der Waals surface area contributed by atoms with Crippen LogP contribution in [0.25, 0.3) is 5.82 Å². The van der Waals surface area contributed by atoms with Crippen molar-refractivity contribution in [3.05, 3.63) is 36.3 Å². The lowest BCUT2D eigenvalue weighted by atomic mass is 9.87. The number of nitrogens with one attached hydrogen (secondary N) is 1. The molecule has 1 aliphatic carbocycles. The zero-order valence-corrected chi connectivity index (χ0v) is 12.8. The maximum atomic E-state index is 12.5. The van der Waals surface area contributed by atoms with Crippen molar-refractivity contribution in [1.29, 1.82) is 0 Å².